The Morgan fingerprint density at radius 3 is 2.82 bits per heavy atom. The number of hydrogen-bond donors (Lipinski definition) is 0. The zero-order chi connectivity index (χ0) is 12.0. The van der Waals surface area contributed by atoms with Crippen LogP contribution in [0.1, 0.15) is 6.42 Å². The van der Waals surface area contributed by atoms with Crippen molar-refractivity contribution in [2.75, 3.05) is 12.3 Å². The molecule has 2 unspecified atom stereocenters. The number of hydrogen-bond acceptors (Lipinski definition) is 3. The average Bonchev–Trinajstić information content (AvgIpc) is 2.91. The highest BCUT2D eigenvalue weighted by Crippen LogP contribution is 2.40. The van der Waals surface area contributed by atoms with Crippen molar-refractivity contribution in [3.05, 3.63) is 29.3 Å². The molecule has 6 heteroatoms. The molecule has 2 heterocycles. The number of benzene rings is 1. The van der Waals surface area contributed by atoms with Crippen molar-refractivity contribution >= 4 is 33.4 Å². The van der Waals surface area contributed by atoms with Gasteiger partial charge in [-0.2, -0.15) is 16.1 Å². The number of sulfonamides is 1. The second-order valence-electron chi connectivity index (χ2n) is 4.38. The van der Waals surface area contributed by atoms with Crippen molar-refractivity contribution < 1.29 is 8.42 Å². The largest absolute Gasteiger partial charge is 0.243 e. The van der Waals surface area contributed by atoms with Crippen molar-refractivity contribution in [3.8, 4) is 0 Å². The van der Waals surface area contributed by atoms with Crippen LogP contribution in [0.25, 0.3) is 0 Å². The van der Waals surface area contributed by atoms with Crippen LogP contribution in [0.5, 0.6) is 0 Å². The standard InChI is InChI=1S/C11H12ClNO2S2/c12-8-2-1-3-11(4-8)17(14,15)13-6-10-5-9(13)7-16-10/h1-4,9-10H,5-7H2. The fraction of sp³-hybridized carbons (Fsp3) is 0.455. The van der Waals surface area contributed by atoms with E-state index in [2.05, 4.69) is 0 Å². The molecule has 0 saturated carbocycles. The fourth-order valence-electron chi connectivity index (χ4n) is 2.42. The normalized spacial score (nSPS) is 28.8. The first-order valence-electron chi connectivity index (χ1n) is 5.46. The first-order chi connectivity index (χ1) is 8.07. The molecule has 1 aromatic rings. The molecule has 2 saturated heterocycles. The van der Waals surface area contributed by atoms with Crippen molar-refractivity contribution in [2.45, 2.75) is 22.6 Å². The first-order valence-corrected chi connectivity index (χ1v) is 8.33. The highest BCUT2D eigenvalue weighted by molar-refractivity contribution is 8.00. The zero-order valence-electron chi connectivity index (χ0n) is 9.04. The summed E-state index contributed by atoms with van der Waals surface area (Å²) in [6.07, 6.45) is 0.991. The van der Waals surface area contributed by atoms with Crippen LogP contribution in [-0.4, -0.2) is 36.3 Å². The van der Waals surface area contributed by atoms with E-state index in [1.165, 1.54) is 6.07 Å². The van der Waals surface area contributed by atoms with E-state index in [0.29, 0.717) is 21.7 Å². The van der Waals surface area contributed by atoms with Gasteiger partial charge in [-0.15, -0.1) is 0 Å². The Bertz CT molecular complexity index is 546. The lowest BCUT2D eigenvalue weighted by Crippen LogP contribution is -2.39. The van der Waals surface area contributed by atoms with Gasteiger partial charge in [0.2, 0.25) is 10.0 Å². The summed E-state index contributed by atoms with van der Waals surface area (Å²) < 4.78 is 26.5. The van der Waals surface area contributed by atoms with Gasteiger partial charge in [0.05, 0.1) is 4.90 Å². The summed E-state index contributed by atoms with van der Waals surface area (Å²) in [7, 11) is -3.36. The van der Waals surface area contributed by atoms with E-state index in [-0.39, 0.29) is 6.04 Å². The molecule has 2 bridgehead atoms. The molecule has 17 heavy (non-hydrogen) atoms. The summed E-state index contributed by atoms with van der Waals surface area (Å²) in [6, 6.07) is 6.68. The molecule has 2 fully saturated rings. The van der Waals surface area contributed by atoms with E-state index in [4.69, 9.17) is 11.6 Å². The maximum absolute atomic E-state index is 12.4. The molecule has 0 aromatic heterocycles. The Morgan fingerprint density at radius 2 is 2.24 bits per heavy atom. The summed E-state index contributed by atoms with van der Waals surface area (Å²) in [5, 5.41) is 0.943. The third kappa shape index (κ3) is 1.99. The molecule has 0 aliphatic carbocycles. The number of rotatable bonds is 2. The highest BCUT2D eigenvalue weighted by atomic mass is 35.5. The molecular formula is C11H12ClNO2S2. The van der Waals surface area contributed by atoms with E-state index >= 15 is 0 Å². The maximum atomic E-state index is 12.4. The molecule has 2 aliphatic rings. The van der Waals surface area contributed by atoms with Crippen LogP contribution in [0.3, 0.4) is 0 Å². The average molecular weight is 290 g/mol. The minimum atomic E-state index is -3.36. The Balaban J connectivity index is 1.96. The molecule has 2 aliphatic heterocycles. The van der Waals surface area contributed by atoms with Gasteiger partial charge in [0, 0.05) is 28.6 Å². The summed E-state index contributed by atoms with van der Waals surface area (Å²) in [4.78, 5) is 0.308. The van der Waals surface area contributed by atoms with Gasteiger partial charge < -0.3 is 0 Å². The van der Waals surface area contributed by atoms with Crippen molar-refractivity contribution in [1.82, 2.24) is 4.31 Å². The number of thioether (sulfide) groups is 1. The second kappa shape index (κ2) is 4.16. The van der Waals surface area contributed by atoms with Crippen LogP contribution in [-0.2, 0) is 10.0 Å². The first kappa shape index (κ1) is 11.8. The molecule has 0 amide bonds. The Morgan fingerprint density at radius 1 is 1.41 bits per heavy atom. The molecular weight excluding hydrogens is 278 g/mol. The molecule has 0 spiro atoms. The van der Waals surface area contributed by atoms with Crippen LogP contribution >= 0.6 is 23.4 Å². The fourth-order valence-corrected chi connectivity index (χ4v) is 6.03. The van der Waals surface area contributed by atoms with Crippen molar-refractivity contribution in [3.63, 3.8) is 0 Å². The van der Waals surface area contributed by atoms with E-state index in [9.17, 15) is 8.42 Å². The van der Waals surface area contributed by atoms with Gasteiger partial charge >= 0.3 is 0 Å². The molecule has 0 radical (unpaired) electrons. The monoisotopic (exact) mass is 289 g/mol. The second-order valence-corrected chi connectivity index (χ2v) is 8.04. The third-order valence-corrected chi connectivity index (χ3v) is 6.79. The topological polar surface area (TPSA) is 37.4 Å². The predicted octanol–water partition coefficient (Wildman–Crippen LogP) is 2.22. The van der Waals surface area contributed by atoms with Gasteiger partial charge in [0.25, 0.3) is 0 Å². The quantitative estimate of drug-likeness (QED) is 0.838. The van der Waals surface area contributed by atoms with Gasteiger partial charge in [0.1, 0.15) is 0 Å². The Hall–Kier alpha value is -0.230. The van der Waals surface area contributed by atoms with E-state index in [1.807, 2.05) is 11.8 Å². The van der Waals surface area contributed by atoms with E-state index < -0.39 is 10.0 Å². The lowest BCUT2D eigenvalue weighted by Gasteiger charge is -2.25. The Kier molecular flexibility index (Phi) is 2.89. The molecule has 2 atom stereocenters. The summed E-state index contributed by atoms with van der Waals surface area (Å²) in [5.74, 6) is 0.921. The Labute approximate surface area is 110 Å². The maximum Gasteiger partial charge on any atom is 0.243 e. The lowest BCUT2D eigenvalue weighted by atomic mass is 10.3. The lowest BCUT2D eigenvalue weighted by molar-refractivity contribution is 0.410. The minimum absolute atomic E-state index is 0.175. The predicted molar refractivity (Wildman–Crippen MR) is 70.0 cm³/mol. The van der Waals surface area contributed by atoms with Crippen LogP contribution < -0.4 is 0 Å². The van der Waals surface area contributed by atoms with Gasteiger partial charge in [-0.05, 0) is 24.6 Å². The third-order valence-electron chi connectivity index (χ3n) is 3.25. The summed E-state index contributed by atoms with van der Waals surface area (Å²) in [6.45, 7) is 0.643. The highest BCUT2D eigenvalue weighted by Gasteiger charge is 2.44. The van der Waals surface area contributed by atoms with Crippen LogP contribution in [0.2, 0.25) is 5.02 Å². The molecule has 3 rings (SSSR count). The SMILES string of the molecule is O=S(=O)(c1cccc(Cl)c1)N1CC2CC1CS2. The summed E-state index contributed by atoms with van der Waals surface area (Å²) >= 11 is 7.73. The molecule has 92 valence electrons. The number of halogens is 1. The van der Waals surface area contributed by atoms with Crippen LogP contribution in [0.15, 0.2) is 29.2 Å². The van der Waals surface area contributed by atoms with Gasteiger partial charge in [0.15, 0.2) is 0 Å². The van der Waals surface area contributed by atoms with Crippen molar-refractivity contribution in [1.29, 1.82) is 0 Å². The zero-order valence-corrected chi connectivity index (χ0v) is 11.4. The van der Waals surface area contributed by atoms with Crippen molar-refractivity contribution in [2.24, 2.45) is 0 Å². The van der Waals surface area contributed by atoms with Gasteiger partial charge in [-0.3, -0.25) is 0 Å². The number of fused-ring (bicyclic) bond motifs is 2. The smallest absolute Gasteiger partial charge is 0.207 e. The molecule has 1 aromatic carbocycles. The van der Waals surface area contributed by atoms with Crippen LogP contribution in [0, 0.1) is 0 Å². The summed E-state index contributed by atoms with van der Waals surface area (Å²) in [5.41, 5.74) is 0. The number of nitrogens with zero attached hydrogens (tertiary/aromatic N) is 1. The minimum Gasteiger partial charge on any atom is -0.207 e. The molecule has 0 N–H and O–H groups in total. The van der Waals surface area contributed by atoms with Gasteiger partial charge in [-0.1, -0.05) is 17.7 Å². The van der Waals surface area contributed by atoms with Gasteiger partial charge in [-0.25, -0.2) is 8.42 Å². The molecule has 3 nitrogen and oxygen atoms in total. The van der Waals surface area contributed by atoms with E-state index in [0.717, 1.165) is 12.2 Å². The van der Waals surface area contributed by atoms with Crippen LogP contribution in [0.4, 0.5) is 0 Å². The van der Waals surface area contributed by atoms with E-state index in [1.54, 1.807) is 22.5 Å².